The minimum atomic E-state index is -4.43. The lowest BCUT2D eigenvalue weighted by Gasteiger charge is -2.34. The van der Waals surface area contributed by atoms with Crippen molar-refractivity contribution < 1.29 is 27.4 Å². The first-order valence-corrected chi connectivity index (χ1v) is 9.97. The van der Waals surface area contributed by atoms with Crippen LogP contribution in [0.25, 0.3) is 5.57 Å². The molecule has 2 aliphatic rings. The van der Waals surface area contributed by atoms with Crippen molar-refractivity contribution in [3.63, 3.8) is 0 Å². The Morgan fingerprint density at radius 1 is 1.03 bits per heavy atom. The zero-order chi connectivity index (χ0) is 22.2. The van der Waals surface area contributed by atoms with E-state index in [0.29, 0.717) is 46.9 Å². The maximum Gasteiger partial charge on any atom is 0.416 e. The average Bonchev–Trinajstić information content (AvgIpc) is 2.77. The van der Waals surface area contributed by atoms with Crippen LogP contribution in [0.2, 0.25) is 0 Å². The molecule has 2 aromatic carbocycles. The molecule has 0 unspecified atom stereocenters. The van der Waals surface area contributed by atoms with Crippen molar-refractivity contribution in [1.29, 1.82) is 0 Å². The van der Waals surface area contributed by atoms with Crippen molar-refractivity contribution in [3.05, 3.63) is 64.7 Å². The summed E-state index contributed by atoms with van der Waals surface area (Å²) in [7, 11) is 3.53. The highest BCUT2D eigenvalue weighted by molar-refractivity contribution is 6.06. The Morgan fingerprint density at radius 2 is 1.71 bits per heavy atom. The third-order valence-corrected chi connectivity index (χ3v) is 5.68. The van der Waals surface area contributed by atoms with Gasteiger partial charge in [-0.3, -0.25) is 4.79 Å². The van der Waals surface area contributed by atoms with E-state index in [0.717, 1.165) is 25.2 Å². The summed E-state index contributed by atoms with van der Waals surface area (Å²) in [6.45, 7) is 2.76. The highest BCUT2D eigenvalue weighted by Gasteiger charge is 2.33. The first-order valence-electron chi connectivity index (χ1n) is 9.97. The molecule has 0 bridgehead atoms. The molecular weight excluding hydrogens is 409 g/mol. The number of ether oxygens (including phenoxy) is 2. The molecule has 164 valence electrons. The van der Waals surface area contributed by atoms with Gasteiger partial charge in [0.25, 0.3) is 5.91 Å². The number of halogens is 3. The minimum absolute atomic E-state index is 0.0564. The van der Waals surface area contributed by atoms with Gasteiger partial charge in [0.05, 0.1) is 18.2 Å². The van der Waals surface area contributed by atoms with E-state index in [1.807, 2.05) is 7.05 Å². The molecule has 5 nitrogen and oxygen atoms in total. The molecule has 8 heteroatoms. The maximum atomic E-state index is 13.4. The predicted octanol–water partition coefficient (Wildman–Crippen LogP) is 3.68. The van der Waals surface area contributed by atoms with E-state index in [2.05, 4.69) is 4.90 Å². The molecule has 4 rings (SSSR count). The minimum Gasteiger partial charge on any atom is -0.497 e. The summed E-state index contributed by atoms with van der Waals surface area (Å²) in [5, 5.41) is 0. The Labute approximate surface area is 178 Å². The zero-order valence-corrected chi connectivity index (χ0v) is 17.3. The Hall–Kier alpha value is -3.00. The van der Waals surface area contributed by atoms with Gasteiger partial charge >= 0.3 is 6.18 Å². The van der Waals surface area contributed by atoms with Crippen LogP contribution >= 0.6 is 0 Å². The van der Waals surface area contributed by atoms with Crippen molar-refractivity contribution in [2.24, 2.45) is 0 Å². The van der Waals surface area contributed by atoms with E-state index >= 15 is 0 Å². The van der Waals surface area contributed by atoms with Gasteiger partial charge in [-0.15, -0.1) is 0 Å². The summed E-state index contributed by atoms with van der Waals surface area (Å²) in [5.74, 6) is 0.974. The maximum absolute atomic E-state index is 13.4. The van der Waals surface area contributed by atoms with Crippen LogP contribution in [0.3, 0.4) is 0 Å². The number of rotatable bonds is 3. The highest BCUT2D eigenvalue weighted by atomic mass is 19.4. The number of carbonyl (C=O) groups is 1. The van der Waals surface area contributed by atoms with Gasteiger partial charge in [0, 0.05) is 37.3 Å². The van der Waals surface area contributed by atoms with Crippen LogP contribution in [0.5, 0.6) is 11.5 Å². The molecule has 0 aliphatic carbocycles. The molecule has 1 fully saturated rings. The van der Waals surface area contributed by atoms with E-state index in [4.69, 9.17) is 9.47 Å². The Balaban J connectivity index is 1.82. The van der Waals surface area contributed by atoms with E-state index in [1.54, 1.807) is 23.1 Å². The number of hydrogen-bond donors (Lipinski definition) is 0. The van der Waals surface area contributed by atoms with Crippen LogP contribution in [0, 0.1) is 0 Å². The number of nitrogens with zero attached hydrogens (tertiary/aromatic N) is 2. The SMILES string of the molecule is COc1ccc2c(c1)C(c1ccc(C(F)(F)F)cc1)=C(C(=O)N1CCN(C)CC1)CO2. The summed E-state index contributed by atoms with van der Waals surface area (Å²) in [5.41, 5.74) is 1.44. The molecule has 31 heavy (non-hydrogen) atoms. The number of piperazine rings is 1. The van der Waals surface area contributed by atoms with Gasteiger partial charge in [0.1, 0.15) is 18.1 Å². The molecule has 0 N–H and O–H groups in total. The number of benzene rings is 2. The molecular formula is C23H23F3N2O3. The Bertz CT molecular complexity index is 1010. The second-order valence-corrected chi connectivity index (χ2v) is 7.67. The van der Waals surface area contributed by atoms with Gasteiger partial charge in [0.2, 0.25) is 0 Å². The monoisotopic (exact) mass is 432 g/mol. The number of amides is 1. The zero-order valence-electron chi connectivity index (χ0n) is 17.3. The third-order valence-electron chi connectivity index (χ3n) is 5.68. The molecule has 2 aliphatic heterocycles. The van der Waals surface area contributed by atoms with Gasteiger partial charge < -0.3 is 19.3 Å². The molecule has 2 heterocycles. The molecule has 0 atom stereocenters. The Kier molecular flexibility index (Phi) is 5.66. The van der Waals surface area contributed by atoms with Gasteiger partial charge in [-0.1, -0.05) is 12.1 Å². The topological polar surface area (TPSA) is 42.0 Å². The van der Waals surface area contributed by atoms with Gasteiger partial charge in [-0.05, 0) is 42.9 Å². The van der Waals surface area contributed by atoms with Crippen LogP contribution in [0.4, 0.5) is 13.2 Å². The van der Waals surface area contributed by atoms with Crippen molar-refractivity contribution in [3.8, 4) is 11.5 Å². The fourth-order valence-corrected chi connectivity index (χ4v) is 3.87. The second-order valence-electron chi connectivity index (χ2n) is 7.67. The van der Waals surface area contributed by atoms with Crippen LogP contribution in [-0.4, -0.2) is 62.7 Å². The molecule has 0 saturated carbocycles. The van der Waals surface area contributed by atoms with Crippen LogP contribution in [-0.2, 0) is 11.0 Å². The highest BCUT2D eigenvalue weighted by Crippen LogP contribution is 2.41. The number of alkyl halides is 3. The normalized spacial score (nSPS) is 17.3. The van der Waals surface area contributed by atoms with Crippen molar-refractivity contribution in [2.45, 2.75) is 6.18 Å². The fourth-order valence-electron chi connectivity index (χ4n) is 3.87. The average molecular weight is 432 g/mol. The largest absolute Gasteiger partial charge is 0.497 e. The first-order chi connectivity index (χ1) is 14.8. The molecule has 0 aromatic heterocycles. The standard InChI is InChI=1S/C23H23F3N2O3/c1-27-9-11-28(12-10-27)22(29)19-14-31-20-8-7-17(30-2)13-18(20)21(19)15-3-5-16(6-4-15)23(24,25)26/h3-8,13H,9-12,14H2,1-2H3. The third kappa shape index (κ3) is 4.25. The van der Waals surface area contributed by atoms with E-state index in [9.17, 15) is 18.0 Å². The predicted molar refractivity (Wildman–Crippen MR) is 110 cm³/mol. The van der Waals surface area contributed by atoms with Crippen molar-refractivity contribution in [1.82, 2.24) is 9.80 Å². The number of likely N-dealkylation sites (N-methyl/N-ethyl adjacent to an activating group) is 1. The lowest BCUT2D eigenvalue weighted by molar-refractivity contribution is -0.137. The van der Waals surface area contributed by atoms with Gasteiger partial charge in [0.15, 0.2) is 0 Å². The van der Waals surface area contributed by atoms with Crippen LogP contribution in [0.1, 0.15) is 16.7 Å². The number of hydrogen-bond acceptors (Lipinski definition) is 4. The van der Waals surface area contributed by atoms with Crippen molar-refractivity contribution in [2.75, 3.05) is 46.9 Å². The summed E-state index contributed by atoms with van der Waals surface area (Å²) < 4.78 is 50.4. The van der Waals surface area contributed by atoms with Crippen molar-refractivity contribution >= 4 is 11.5 Å². The smallest absolute Gasteiger partial charge is 0.416 e. The first kappa shape index (κ1) is 21.2. The molecule has 1 amide bonds. The molecule has 0 spiro atoms. The molecule has 1 saturated heterocycles. The summed E-state index contributed by atoms with van der Waals surface area (Å²) in [6, 6.07) is 10.1. The van der Waals surface area contributed by atoms with Crippen LogP contribution in [0.15, 0.2) is 48.0 Å². The van der Waals surface area contributed by atoms with Crippen LogP contribution < -0.4 is 9.47 Å². The lowest BCUT2D eigenvalue weighted by atomic mass is 9.89. The number of fused-ring (bicyclic) bond motifs is 1. The summed E-state index contributed by atoms with van der Waals surface area (Å²) in [4.78, 5) is 17.3. The van der Waals surface area contributed by atoms with Gasteiger partial charge in [-0.25, -0.2) is 0 Å². The second kappa shape index (κ2) is 8.26. The molecule has 0 radical (unpaired) electrons. The fraction of sp³-hybridized carbons (Fsp3) is 0.348. The molecule has 2 aromatic rings. The summed E-state index contributed by atoms with van der Waals surface area (Å²) >= 11 is 0. The van der Waals surface area contributed by atoms with E-state index in [-0.39, 0.29) is 12.5 Å². The van der Waals surface area contributed by atoms with Gasteiger partial charge in [-0.2, -0.15) is 13.2 Å². The van der Waals surface area contributed by atoms with E-state index in [1.165, 1.54) is 19.2 Å². The number of methoxy groups -OCH3 is 1. The Morgan fingerprint density at radius 3 is 2.32 bits per heavy atom. The lowest BCUT2D eigenvalue weighted by Crippen LogP contribution is -2.48. The summed E-state index contributed by atoms with van der Waals surface area (Å²) in [6.07, 6.45) is -4.43. The van der Waals surface area contributed by atoms with E-state index < -0.39 is 11.7 Å². The number of carbonyl (C=O) groups excluding carboxylic acids is 1. The quantitative estimate of drug-likeness (QED) is 0.742.